The van der Waals surface area contributed by atoms with Crippen LogP contribution >= 0.6 is 0 Å². The van der Waals surface area contributed by atoms with Gasteiger partial charge in [0.2, 0.25) is 0 Å². The summed E-state index contributed by atoms with van der Waals surface area (Å²) in [5.74, 6) is 0.107. The van der Waals surface area contributed by atoms with Crippen LogP contribution < -0.4 is 4.72 Å². The van der Waals surface area contributed by atoms with E-state index in [4.69, 9.17) is 0 Å². The number of nitrogens with one attached hydrogen (secondary N) is 1. The smallest absolute Gasteiger partial charge is 0.261 e. The maximum Gasteiger partial charge on any atom is 0.261 e. The van der Waals surface area contributed by atoms with Gasteiger partial charge in [-0.2, -0.15) is 0 Å². The van der Waals surface area contributed by atoms with Gasteiger partial charge in [0.1, 0.15) is 5.75 Å². The number of nitrogens with zero attached hydrogens (tertiary/aromatic N) is 1. The van der Waals surface area contributed by atoms with E-state index in [0.717, 1.165) is 16.3 Å². The first-order chi connectivity index (χ1) is 14.4. The summed E-state index contributed by atoms with van der Waals surface area (Å²) in [5, 5.41) is 12.1. The molecular weight excluding hydrogens is 396 g/mol. The Kier molecular flexibility index (Phi) is 5.25. The van der Waals surface area contributed by atoms with Crippen molar-refractivity contribution in [2.75, 3.05) is 4.72 Å². The van der Waals surface area contributed by atoms with Crippen LogP contribution in [0.3, 0.4) is 0 Å². The molecule has 4 rings (SSSR count). The molecule has 0 aliphatic rings. The zero-order chi connectivity index (χ0) is 21.1. The molecular formula is C24H20N2O3S. The van der Waals surface area contributed by atoms with Crippen LogP contribution in [0.1, 0.15) is 11.1 Å². The van der Waals surface area contributed by atoms with Crippen LogP contribution in [-0.2, 0) is 10.0 Å². The first kappa shape index (κ1) is 19.7. The first-order valence-electron chi connectivity index (χ1n) is 9.37. The summed E-state index contributed by atoms with van der Waals surface area (Å²) in [6.07, 6.45) is 1.55. The molecule has 0 bridgehead atoms. The number of phenolic OH excluding ortho intramolecular Hbond substituents is 1. The molecule has 6 heteroatoms. The van der Waals surface area contributed by atoms with Crippen molar-refractivity contribution in [3.63, 3.8) is 0 Å². The summed E-state index contributed by atoms with van der Waals surface area (Å²) in [6, 6.07) is 24.7. The minimum absolute atomic E-state index is 0.107. The molecule has 0 aliphatic carbocycles. The van der Waals surface area contributed by atoms with Gasteiger partial charge in [-0.1, -0.05) is 60.2 Å². The number of aliphatic imine (C=N–C) groups is 1. The summed E-state index contributed by atoms with van der Waals surface area (Å²) in [5.41, 5.74) is 2.35. The second kappa shape index (κ2) is 8.00. The molecule has 4 aromatic carbocycles. The Labute approximate surface area is 175 Å². The molecule has 0 saturated heterocycles. The van der Waals surface area contributed by atoms with Gasteiger partial charge in [0.25, 0.3) is 10.0 Å². The summed E-state index contributed by atoms with van der Waals surface area (Å²) >= 11 is 0. The molecule has 0 aliphatic heterocycles. The Hall–Kier alpha value is -3.64. The van der Waals surface area contributed by atoms with Crippen molar-refractivity contribution in [1.29, 1.82) is 0 Å². The van der Waals surface area contributed by atoms with Crippen LogP contribution in [0.2, 0.25) is 0 Å². The average Bonchev–Trinajstić information content (AvgIpc) is 2.74. The van der Waals surface area contributed by atoms with Crippen molar-refractivity contribution in [2.24, 2.45) is 4.99 Å². The number of phenols is 1. The number of fused-ring (bicyclic) bond motifs is 1. The van der Waals surface area contributed by atoms with Crippen LogP contribution in [0.25, 0.3) is 10.8 Å². The van der Waals surface area contributed by atoms with Gasteiger partial charge in [-0.15, -0.1) is 0 Å². The number of aromatic hydroxyl groups is 1. The third kappa shape index (κ3) is 4.04. The molecule has 0 saturated carbocycles. The molecule has 5 nitrogen and oxygen atoms in total. The van der Waals surface area contributed by atoms with Crippen LogP contribution in [-0.4, -0.2) is 19.7 Å². The lowest BCUT2D eigenvalue weighted by Gasteiger charge is -2.11. The van der Waals surface area contributed by atoms with Gasteiger partial charge < -0.3 is 5.11 Å². The van der Waals surface area contributed by atoms with Gasteiger partial charge >= 0.3 is 0 Å². The van der Waals surface area contributed by atoms with E-state index in [9.17, 15) is 13.5 Å². The Morgan fingerprint density at radius 3 is 2.37 bits per heavy atom. The third-order valence-corrected chi connectivity index (χ3v) is 6.14. The summed E-state index contributed by atoms with van der Waals surface area (Å²) in [4.78, 5) is 4.65. The Balaban J connectivity index is 1.70. The Bertz CT molecular complexity index is 1340. The SMILES string of the molecule is Cc1ccc(S(=O)(=O)Nc2ccccc2N=Cc2c(O)ccc3ccccc23)cc1. The van der Waals surface area contributed by atoms with E-state index in [0.29, 0.717) is 16.9 Å². The normalized spacial score (nSPS) is 11.8. The van der Waals surface area contributed by atoms with Gasteiger partial charge in [0.15, 0.2) is 0 Å². The fraction of sp³-hybridized carbons (Fsp3) is 0.0417. The number of benzene rings is 4. The molecule has 30 heavy (non-hydrogen) atoms. The lowest BCUT2D eigenvalue weighted by molar-refractivity contribution is 0.475. The molecule has 0 unspecified atom stereocenters. The van der Waals surface area contributed by atoms with Crippen molar-refractivity contribution >= 4 is 38.4 Å². The minimum Gasteiger partial charge on any atom is -0.507 e. The second-order valence-electron chi connectivity index (χ2n) is 6.91. The fourth-order valence-electron chi connectivity index (χ4n) is 3.15. The molecule has 150 valence electrons. The molecule has 4 aromatic rings. The Morgan fingerprint density at radius 1 is 0.867 bits per heavy atom. The maximum absolute atomic E-state index is 12.8. The highest BCUT2D eigenvalue weighted by atomic mass is 32.2. The van der Waals surface area contributed by atoms with Gasteiger partial charge in [0.05, 0.1) is 16.3 Å². The summed E-state index contributed by atoms with van der Waals surface area (Å²) in [6.45, 7) is 1.90. The van der Waals surface area contributed by atoms with E-state index in [1.165, 1.54) is 0 Å². The Morgan fingerprint density at radius 2 is 1.57 bits per heavy atom. The molecule has 0 fully saturated rings. The highest BCUT2D eigenvalue weighted by Crippen LogP contribution is 2.29. The van der Waals surface area contributed by atoms with Gasteiger partial charge in [0, 0.05) is 11.8 Å². The van der Waals surface area contributed by atoms with Crippen molar-refractivity contribution in [1.82, 2.24) is 0 Å². The van der Waals surface area contributed by atoms with E-state index >= 15 is 0 Å². The van der Waals surface area contributed by atoms with Crippen LogP contribution in [0, 0.1) is 6.92 Å². The van der Waals surface area contributed by atoms with E-state index in [-0.39, 0.29) is 10.6 Å². The van der Waals surface area contributed by atoms with E-state index in [2.05, 4.69) is 9.71 Å². The van der Waals surface area contributed by atoms with E-state index < -0.39 is 10.0 Å². The number of hydrogen-bond donors (Lipinski definition) is 2. The molecule has 0 amide bonds. The molecule has 0 spiro atoms. The molecule has 0 atom stereocenters. The topological polar surface area (TPSA) is 78.8 Å². The average molecular weight is 417 g/mol. The molecule has 2 N–H and O–H groups in total. The van der Waals surface area contributed by atoms with Crippen molar-refractivity contribution in [2.45, 2.75) is 11.8 Å². The van der Waals surface area contributed by atoms with Gasteiger partial charge in [-0.3, -0.25) is 9.71 Å². The maximum atomic E-state index is 12.8. The highest BCUT2D eigenvalue weighted by molar-refractivity contribution is 7.92. The van der Waals surface area contributed by atoms with Crippen molar-refractivity contribution in [3.05, 3.63) is 96.1 Å². The number of sulfonamides is 1. The van der Waals surface area contributed by atoms with Gasteiger partial charge in [-0.25, -0.2) is 8.42 Å². The van der Waals surface area contributed by atoms with Gasteiger partial charge in [-0.05, 0) is 48.0 Å². The van der Waals surface area contributed by atoms with E-state index in [1.54, 1.807) is 60.8 Å². The van der Waals surface area contributed by atoms with Crippen LogP contribution in [0.4, 0.5) is 11.4 Å². The lowest BCUT2D eigenvalue weighted by Crippen LogP contribution is -2.13. The van der Waals surface area contributed by atoms with Crippen molar-refractivity contribution in [3.8, 4) is 5.75 Å². The molecule has 0 heterocycles. The summed E-state index contributed by atoms with van der Waals surface area (Å²) < 4.78 is 28.1. The monoisotopic (exact) mass is 416 g/mol. The first-order valence-corrected chi connectivity index (χ1v) is 10.9. The highest BCUT2D eigenvalue weighted by Gasteiger charge is 2.15. The van der Waals surface area contributed by atoms with Crippen LogP contribution in [0.15, 0.2) is 94.8 Å². The zero-order valence-corrected chi connectivity index (χ0v) is 17.1. The van der Waals surface area contributed by atoms with Crippen molar-refractivity contribution < 1.29 is 13.5 Å². The number of hydrogen-bond acceptors (Lipinski definition) is 4. The standard InChI is InChI=1S/C24H20N2O3S/c1-17-10-13-19(14-11-17)30(28,29)26-23-9-5-4-8-22(23)25-16-21-20-7-3-2-6-18(20)12-15-24(21)27/h2-16,26-27H,1H3. The zero-order valence-electron chi connectivity index (χ0n) is 16.3. The van der Waals surface area contributed by atoms with E-state index in [1.807, 2.05) is 37.3 Å². The fourth-order valence-corrected chi connectivity index (χ4v) is 4.22. The third-order valence-electron chi connectivity index (χ3n) is 4.76. The number of para-hydroxylation sites is 2. The number of anilines is 1. The quantitative estimate of drug-likeness (QED) is 0.427. The largest absolute Gasteiger partial charge is 0.507 e. The summed E-state index contributed by atoms with van der Waals surface area (Å²) in [7, 11) is -3.75. The predicted molar refractivity (Wildman–Crippen MR) is 121 cm³/mol. The number of aryl methyl sites for hydroxylation is 1. The van der Waals surface area contributed by atoms with Crippen LogP contribution in [0.5, 0.6) is 5.75 Å². The lowest BCUT2D eigenvalue weighted by atomic mass is 10.0. The molecule has 0 aromatic heterocycles. The minimum atomic E-state index is -3.75. The molecule has 0 radical (unpaired) electrons. The predicted octanol–water partition coefficient (Wildman–Crippen LogP) is 5.41. The number of rotatable bonds is 5. The second-order valence-corrected chi connectivity index (χ2v) is 8.60.